The zero-order valence-corrected chi connectivity index (χ0v) is 15.9. The van der Waals surface area contributed by atoms with Gasteiger partial charge in [0.05, 0.1) is 25.4 Å². The van der Waals surface area contributed by atoms with E-state index in [0.29, 0.717) is 0 Å². The van der Waals surface area contributed by atoms with E-state index in [0.717, 1.165) is 6.08 Å². The maximum Gasteiger partial charge on any atom is 0.384 e. The van der Waals surface area contributed by atoms with Crippen LogP contribution in [-0.4, -0.2) is 92.5 Å². The fourth-order valence-electron chi connectivity index (χ4n) is 1.83. The van der Waals surface area contributed by atoms with Gasteiger partial charge in [0.15, 0.2) is 0 Å². The molecule has 0 amide bonds. The summed E-state index contributed by atoms with van der Waals surface area (Å²) in [4.78, 5) is 9.25. The van der Waals surface area contributed by atoms with Gasteiger partial charge >= 0.3 is 41.5 Å². The van der Waals surface area contributed by atoms with Crippen molar-refractivity contribution in [1.82, 2.24) is 0 Å². The molecule has 6 nitrogen and oxygen atoms in total. The number of carbonyl (C=O) groups is 1. The molecule has 2 unspecified atom stereocenters. The second-order valence-electron chi connectivity index (χ2n) is 6.33. The summed E-state index contributed by atoms with van der Waals surface area (Å²) in [6, 6.07) is 0. The summed E-state index contributed by atoms with van der Waals surface area (Å²) in [6.45, 7) is -0.510. The predicted octanol–water partition coefficient (Wildman–Crippen LogP) is 2.54. The molecule has 0 aromatic rings. The Bertz CT molecular complexity index is 609. The highest BCUT2D eigenvalue weighted by Gasteiger charge is 2.89. The van der Waals surface area contributed by atoms with Crippen molar-refractivity contribution in [2.45, 2.75) is 60.6 Å². The van der Waals surface area contributed by atoms with Crippen molar-refractivity contribution in [3.05, 3.63) is 12.7 Å². The van der Waals surface area contributed by atoms with Crippen molar-refractivity contribution >= 4 is 5.97 Å². The third-order valence-electron chi connectivity index (χ3n) is 3.68. The third-order valence-corrected chi connectivity index (χ3v) is 3.68. The van der Waals surface area contributed by atoms with E-state index < -0.39 is 79.8 Å². The summed E-state index contributed by atoms with van der Waals surface area (Å²) >= 11 is 0. The molecule has 0 heterocycles. The highest BCUT2D eigenvalue weighted by atomic mass is 19.4. The first kappa shape index (κ1) is 33.4. The highest BCUT2D eigenvalue weighted by molar-refractivity contribution is 5.78. The molecule has 0 aromatic carbocycles. The second-order valence-corrected chi connectivity index (χ2v) is 6.33. The van der Waals surface area contributed by atoms with Crippen molar-refractivity contribution in [2.24, 2.45) is 0 Å². The van der Waals surface area contributed by atoms with Crippen LogP contribution in [0, 0.1) is 0 Å². The normalized spacial score (nSPS) is 15.9. The van der Waals surface area contributed by atoms with E-state index in [9.17, 15) is 57.5 Å². The fourth-order valence-corrected chi connectivity index (χ4v) is 1.83. The van der Waals surface area contributed by atoms with Crippen molar-refractivity contribution < 1.29 is 83.0 Å². The van der Waals surface area contributed by atoms with Crippen LogP contribution in [-0.2, 0) is 4.79 Å². The van der Waals surface area contributed by atoms with Gasteiger partial charge in [-0.2, -0.15) is 52.7 Å². The molecule has 18 heteroatoms. The Morgan fingerprint density at radius 3 is 1.03 bits per heavy atom. The third kappa shape index (κ3) is 6.86. The first-order valence-corrected chi connectivity index (χ1v) is 8.13. The standard InChI is InChI=1S/C12H14F12O4.C3H4O2/c13-7(14,1-5(27)3-25)9(17,18)11(21,22)12(23,24)10(19,20)8(15,16)2-6(28)4-26;1-2-3(4)5/h5-6,25-28H,1-4H2;2H,1H2,(H,4,5). The Morgan fingerprint density at radius 2 is 0.879 bits per heavy atom. The van der Waals surface area contributed by atoms with Crippen LogP contribution in [0.15, 0.2) is 12.7 Å². The molecule has 0 rings (SSSR count). The number of aliphatic carboxylic acids is 1. The number of carboxylic acid groups (broad SMARTS) is 1. The summed E-state index contributed by atoms with van der Waals surface area (Å²) in [7, 11) is 0. The lowest BCUT2D eigenvalue weighted by atomic mass is 9.88. The summed E-state index contributed by atoms with van der Waals surface area (Å²) in [5, 5.41) is 41.3. The minimum absolute atomic E-state index is 0.833. The lowest BCUT2D eigenvalue weighted by molar-refractivity contribution is -0.427. The summed E-state index contributed by atoms with van der Waals surface area (Å²) in [5.41, 5.74) is 0. The molecule has 0 aliphatic heterocycles. The summed E-state index contributed by atoms with van der Waals surface area (Å²) in [6.07, 6.45) is -10.5. The van der Waals surface area contributed by atoms with Crippen molar-refractivity contribution in [2.75, 3.05) is 13.2 Å². The van der Waals surface area contributed by atoms with Crippen LogP contribution in [0.2, 0.25) is 0 Å². The topological polar surface area (TPSA) is 118 Å². The van der Waals surface area contributed by atoms with Crippen LogP contribution in [0.5, 0.6) is 0 Å². The van der Waals surface area contributed by atoms with E-state index >= 15 is 0 Å². The van der Waals surface area contributed by atoms with Gasteiger partial charge in [-0.25, -0.2) is 4.79 Å². The molecule has 0 saturated carbocycles. The van der Waals surface area contributed by atoms with Crippen molar-refractivity contribution in [3.8, 4) is 0 Å². The number of rotatable bonds is 12. The number of carboxylic acids is 1. The van der Waals surface area contributed by atoms with Gasteiger partial charge in [-0.05, 0) is 0 Å². The van der Waals surface area contributed by atoms with E-state index in [4.69, 9.17) is 25.5 Å². The van der Waals surface area contributed by atoms with Gasteiger partial charge in [0.1, 0.15) is 0 Å². The fraction of sp³-hybridized carbons (Fsp3) is 0.800. The average Bonchev–Trinajstić information content (AvgIpc) is 2.66. The van der Waals surface area contributed by atoms with Crippen LogP contribution in [0.3, 0.4) is 0 Å². The van der Waals surface area contributed by atoms with E-state index in [1.54, 1.807) is 0 Å². The molecule has 0 bridgehead atoms. The molecule has 0 spiro atoms. The molecule has 5 N–H and O–H groups in total. The van der Waals surface area contributed by atoms with Gasteiger partial charge in [0.25, 0.3) is 0 Å². The molecule has 198 valence electrons. The molecular weight excluding hydrogens is 504 g/mol. The highest BCUT2D eigenvalue weighted by Crippen LogP contribution is 2.61. The SMILES string of the molecule is C=CC(=O)O.OCC(O)CC(F)(F)C(F)(F)C(F)(F)C(F)(F)C(F)(F)C(F)(F)CC(O)CO. The number of aliphatic hydroxyl groups excluding tert-OH is 4. The van der Waals surface area contributed by atoms with Crippen LogP contribution in [0.4, 0.5) is 52.7 Å². The van der Waals surface area contributed by atoms with Crippen LogP contribution < -0.4 is 0 Å². The number of aliphatic hydroxyl groups is 4. The molecule has 0 aliphatic rings. The van der Waals surface area contributed by atoms with E-state index in [1.165, 1.54) is 0 Å². The Hall–Kier alpha value is -1.79. The van der Waals surface area contributed by atoms with Crippen LogP contribution in [0.1, 0.15) is 12.8 Å². The van der Waals surface area contributed by atoms with Crippen LogP contribution in [0.25, 0.3) is 0 Å². The minimum Gasteiger partial charge on any atom is -0.478 e. The lowest BCUT2D eigenvalue weighted by Crippen LogP contribution is -2.71. The minimum atomic E-state index is -7.80. The van der Waals surface area contributed by atoms with E-state index in [1.807, 2.05) is 0 Å². The van der Waals surface area contributed by atoms with Gasteiger partial charge in [-0.15, -0.1) is 0 Å². The molecule has 2 atom stereocenters. The first-order chi connectivity index (χ1) is 14.4. The quantitative estimate of drug-likeness (QED) is 0.199. The second kappa shape index (κ2) is 11.1. The molecule has 0 radical (unpaired) electrons. The number of hydrogen-bond acceptors (Lipinski definition) is 5. The monoisotopic (exact) mass is 522 g/mol. The molecule has 0 aromatic heterocycles. The van der Waals surface area contributed by atoms with Gasteiger partial charge in [0.2, 0.25) is 0 Å². The van der Waals surface area contributed by atoms with E-state index in [-0.39, 0.29) is 0 Å². The maximum absolute atomic E-state index is 13.4. The molecule has 33 heavy (non-hydrogen) atoms. The Balaban J connectivity index is 0. The van der Waals surface area contributed by atoms with Gasteiger partial charge in [0, 0.05) is 18.9 Å². The predicted molar refractivity (Wildman–Crippen MR) is 82.9 cm³/mol. The maximum atomic E-state index is 13.4. The largest absolute Gasteiger partial charge is 0.478 e. The molecular formula is C15H18F12O6. The number of alkyl halides is 12. The molecule has 0 fully saturated rings. The summed E-state index contributed by atoms with van der Waals surface area (Å²) in [5.74, 6) is -44.1. The Kier molecular flexibility index (Phi) is 11.2. The lowest BCUT2D eigenvalue weighted by Gasteiger charge is -2.41. The number of hydrogen-bond donors (Lipinski definition) is 5. The molecule has 0 saturated heterocycles. The van der Waals surface area contributed by atoms with Crippen molar-refractivity contribution in [1.29, 1.82) is 0 Å². The average molecular weight is 522 g/mol. The van der Waals surface area contributed by atoms with Crippen molar-refractivity contribution in [3.63, 3.8) is 0 Å². The zero-order chi connectivity index (χ0) is 27.3. The van der Waals surface area contributed by atoms with Crippen LogP contribution >= 0.6 is 0 Å². The Morgan fingerprint density at radius 1 is 0.667 bits per heavy atom. The van der Waals surface area contributed by atoms with Gasteiger partial charge in [-0.3, -0.25) is 0 Å². The zero-order valence-electron chi connectivity index (χ0n) is 15.9. The molecule has 0 aliphatic carbocycles. The Labute approximate surface area is 176 Å². The first-order valence-electron chi connectivity index (χ1n) is 8.13. The summed E-state index contributed by atoms with van der Waals surface area (Å²) < 4.78 is 160. The smallest absolute Gasteiger partial charge is 0.384 e. The van der Waals surface area contributed by atoms with E-state index in [2.05, 4.69) is 6.58 Å². The van der Waals surface area contributed by atoms with Gasteiger partial charge in [-0.1, -0.05) is 6.58 Å². The number of halogens is 12. The van der Waals surface area contributed by atoms with Gasteiger partial charge < -0.3 is 25.5 Å².